The minimum Gasteiger partial charge on any atom is -0.291 e. The highest BCUT2D eigenvalue weighted by molar-refractivity contribution is 9.10. The van der Waals surface area contributed by atoms with Crippen molar-refractivity contribution in [2.45, 2.75) is 49.5 Å². The van der Waals surface area contributed by atoms with E-state index in [1.807, 2.05) is 16.4 Å². The van der Waals surface area contributed by atoms with Crippen LogP contribution in [0.3, 0.4) is 0 Å². The van der Waals surface area contributed by atoms with Gasteiger partial charge in [0.15, 0.2) is 5.78 Å². The standard InChI is InChI=1S/C13H19BrN2OS2/c1-4-5-16-12(10(14)6-15-16)13(17)11-7-18-8(2)9(3)19-11/h6,8-9,11H,4-5,7H2,1-3H3. The monoisotopic (exact) mass is 362 g/mol. The van der Waals surface area contributed by atoms with Crippen molar-refractivity contribution in [1.82, 2.24) is 9.78 Å². The Morgan fingerprint density at radius 3 is 2.89 bits per heavy atom. The Labute approximate surface area is 131 Å². The van der Waals surface area contributed by atoms with Crippen LogP contribution in [0.15, 0.2) is 10.7 Å². The van der Waals surface area contributed by atoms with Crippen molar-refractivity contribution in [3.05, 3.63) is 16.4 Å². The van der Waals surface area contributed by atoms with E-state index in [1.165, 1.54) is 0 Å². The summed E-state index contributed by atoms with van der Waals surface area (Å²) in [6, 6.07) is 0. The normalized spacial score (nSPS) is 27.5. The van der Waals surface area contributed by atoms with Gasteiger partial charge in [-0.3, -0.25) is 9.48 Å². The Kier molecular flexibility index (Phi) is 5.43. The molecule has 0 radical (unpaired) electrons. The lowest BCUT2D eigenvalue weighted by atomic mass is 10.2. The number of carbonyl (C=O) groups excluding carboxylic acids is 1. The van der Waals surface area contributed by atoms with Crippen LogP contribution in [-0.2, 0) is 6.54 Å². The molecule has 1 aliphatic heterocycles. The van der Waals surface area contributed by atoms with E-state index in [-0.39, 0.29) is 11.0 Å². The number of aryl methyl sites for hydroxylation is 1. The van der Waals surface area contributed by atoms with Crippen molar-refractivity contribution in [2.24, 2.45) is 0 Å². The lowest BCUT2D eigenvalue weighted by Crippen LogP contribution is -2.33. The SMILES string of the molecule is CCCn1ncc(Br)c1C(=O)C1CSC(C)C(C)S1. The molecule has 106 valence electrons. The number of hydrogen-bond donors (Lipinski definition) is 0. The first-order valence-electron chi connectivity index (χ1n) is 6.57. The van der Waals surface area contributed by atoms with Gasteiger partial charge >= 0.3 is 0 Å². The van der Waals surface area contributed by atoms with Crippen LogP contribution < -0.4 is 0 Å². The minimum absolute atomic E-state index is 0.0554. The quantitative estimate of drug-likeness (QED) is 0.761. The molecule has 1 saturated heterocycles. The van der Waals surface area contributed by atoms with Crippen LogP contribution in [0, 0.1) is 0 Å². The second kappa shape index (κ2) is 6.68. The van der Waals surface area contributed by atoms with Gasteiger partial charge < -0.3 is 0 Å². The predicted molar refractivity (Wildman–Crippen MR) is 87.3 cm³/mol. The van der Waals surface area contributed by atoms with Crippen LogP contribution in [0.2, 0.25) is 0 Å². The molecule has 2 heterocycles. The van der Waals surface area contributed by atoms with Crippen LogP contribution in [-0.4, -0.2) is 37.1 Å². The summed E-state index contributed by atoms with van der Waals surface area (Å²) in [7, 11) is 0. The van der Waals surface area contributed by atoms with Crippen LogP contribution in [0.5, 0.6) is 0 Å². The summed E-state index contributed by atoms with van der Waals surface area (Å²) in [5, 5.41) is 5.49. The molecule has 6 heteroatoms. The fourth-order valence-corrected chi connectivity index (χ4v) is 5.41. The summed E-state index contributed by atoms with van der Waals surface area (Å²) < 4.78 is 2.66. The molecule has 3 unspecified atom stereocenters. The fourth-order valence-electron chi connectivity index (χ4n) is 2.06. The average molecular weight is 363 g/mol. The zero-order chi connectivity index (χ0) is 14.0. The van der Waals surface area contributed by atoms with Gasteiger partial charge in [-0.25, -0.2) is 0 Å². The Morgan fingerprint density at radius 2 is 2.26 bits per heavy atom. The summed E-state index contributed by atoms with van der Waals surface area (Å²) in [4.78, 5) is 12.7. The molecule has 2 rings (SSSR count). The van der Waals surface area contributed by atoms with Crippen molar-refractivity contribution in [2.75, 3.05) is 5.75 Å². The van der Waals surface area contributed by atoms with E-state index in [2.05, 4.69) is 41.8 Å². The van der Waals surface area contributed by atoms with Gasteiger partial charge in [-0.15, -0.1) is 11.8 Å². The number of ketones is 1. The van der Waals surface area contributed by atoms with Crippen LogP contribution in [0.4, 0.5) is 0 Å². The number of halogens is 1. The van der Waals surface area contributed by atoms with Gasteiger partial charge in [0.1, 0.15) is 5.69 Å². The maximum absolute atomic E-state index is 12.7. The molecule has 0 saturated carbocycles. The Hall–Kier alpha value is 0.0600. The molecule has 3 atom stereocenters. The molecule has 0 N–H and O–H groups in total. The average Bonchev–Trinajstić information content (AvgIpc) is 2.74. The van der Waals surface area contributed by atoms with Gasteiger partial charge in [-0.1, -0.05) is 20.8 Å². The van der Waals surface area contributed by atoms with Gasteiger partial charge in [-0.05, 0) is 22.4 Å². The lowest BCUT2D eigenvalue weighted by Gasteiger charge is -2.30. The minimum atomic E-state index is 0.0554. The summed E-state index contributed by atoms with van der Waals surface area (Å²) in [6.45, 7) is 7.34. The summed E-state index contributed by atoms with van der Waals surface area (Å²) >= 11 is 7.16. The number of carbonyl (C=O) groups is 1. The van der Waals surface area contributed by atoms with Gasteiger partial charge in [0, 0.05) is 22.8 Å². The molecular weight excluding hydrogens is 344 g/mol. The first kappa shape index (κ1) is 15.4. The first-order valence-corrected chi connectivity index (χ1v) is 9.35. The third-order valence-corrected chi connectivity index (χ3v) is 7.28. The van der Waals surface area contributed by atoms with Crippen LogP contribution >= 0.6 is 39.5 Å². The molecule has 3 nitrogen and oxygen atoms in total. The Morgan fingerprint density at radius 1 is 1.53 bits per heavy atom. The van der Waals surface area contributed by atoms with Crippen LogP contribution in [0.25, 0.3) is 0 Å². The smallest absolute Gasteiger partial charge is 0.195 e. The molecule has 0 bridgehead atoms. The van der Waals surface area contributed by atoms with Crippen LogP contribution in [0.1, 0.15) is 37.7 Å². The van der Waals surface area contributed by atoms with E-state index >= 15 is 0 Å². The Bertz CT molecular complexity index is 463. The summed E-state index contributed by atoms with van der Waals surface area (Å²) in [5.74, 6) is 1.12. The number of thioether (sulfide) groups is 2. The maximum atomic E-state index is 12.7. The molecule has 0 amide bonds. The fraction of sp³-hybridized carbons (Fsp3) is 0.692. The van der Waals surface area contributed by atoms with E-state index < -0.39 is 0 Å². The third-order valence-electron chi connectivity index (χ3n) is 3.31. The molecule has 1 aromatic heterocycles. The van der Waals surface area contributed by atoms with Gasteiger partial charge in [-0.2, -0.15) is 16.9 Å². The van der Waals surface area contributed by atoms with E-state index in [1.54, 1.807) is 18.0 Å². The third kappa shape index (κ3) is 3.39. The number of nitrogens with zero attached hydrogens (tertiary/aromatic N) is 2. The molecule has 1 aromatic rings. The van der Waals surface area contributed by atoms with Gasteiger partial charge in [0.2, 0.25) is 0 Å². The van der Waals surface area contributed by atoms with E-state index in [9.17, 15) is 4.79 Å². The number of rotatable bonds is 4. The first-order chi connectivity index (χ1) is 9.04. The van der Waals surface area contributed by atoms with Crippen molar-refractivity contribution < 1.29 is 4.79 Å². The largest absolute Gasteiger partial charge is 0.291 e. The zero-order valence-corrected chi connectivity index (χ0v) is 14.6. The van der Waals surface area contributed by atoms with Crippen molar-refractivity contribution in [3.8, 4) is 0 Å². The maximum Gasteiger partial charge on any atom is 0.195 e. The molecule has 1 fully saturated rings. The highest BCUT2D eigenvalue weighted by Gasteiger charge is 2.33. The Balaban J connectivity index is 2.17. The molecular formula is C13H19BrN2OS2. The van der Waals surface area contributed by atoms with Crippen molar-refractivity contribution in [1.29, 1.82) is 0 Å². The van der Waals surface area contributed by atoms with E-state index in [4.69, 9.17) is 0 Å². The highest BCUT2D eigenvalue weighted by atomic mass is 79.9. The number of Topliss-reactive ketones (excluding diaryl/α,β-unsaturated/α-hetero) is 1. The zero-order valence-electron chi connectivity index (χ0n) is 11.4. The molecule has 0 spiro atoms. The number of aromatic nitrogens is 2. The topological polar surface area (TPSA) is 34.9 Å². The molecule has 19 heavy (non-hydrogen) atoms. The van der Waals surface area contributed by atoms with Crippen molar-refractivity contribution >= 4 is 45.2 Å². The lowest BCUT2D eigenvalue weighted by molar-refractivity contribution is 0.0983. The highest BCUT2D eigenvalue weighted by Crippen LogP contribution is 2.37. The molecule has 1 aliphatic rings. The summed E-state index contributed by atoms with van der Waals surface area (Å²) in [6.07, 6.45) is 2.71. The van der Waals surface area contributed by atoms with E-state index in [0.29, 0.717) is 10.5 Å². The predicted octanol–water partition coefficient (Wildman–Crippen LogP) is 3.86. The van der Waals surface area contributed by atoms with E-state index in [0.717, 1.165) is 28.9 Å². The second-order valence-electron chi connectivity index (χ2n) is 4.80. The number of hydrogen-bond acceptors (Lipinski definition) is 4. The molecule has 0 aliphatic carbocycles. The summed E-state index contributed by atoms with van der Waals surface area (Å²) in [5.41, 5.74) is 0.738. The molecule has 0 aromatic carbocycles. The van der Waals surface area contributed by atoms with Crippen molar-refractivity contribution in [3.63, 3.8) is 0 Å². The van der Waals surface area contributed by atoms with Gasteiger partial charge in [0.05, 0.1) is 15.9 Å². The second-order valence-corrected chi connectivity index (χ2v) is 8.65. The van der Waals surface area contributed by atoms with Gasteiger partial charge in [0.25, 0.3) is 0 Å².